The third-order valence-electron chi connectivity index (χ3n) is 6.04. The molecular formula is C22H24ClN3O3. The van der Waals surface area contributed by atoms with Crippen molar-refractivity contribution in [1.29, 1.82) is 0 Å². The Kier molecular flexibility index (Phi) is 5.23. The number of hydrogen-bond donors (Lipinski definition) is 2. The van der Waals surface area contributed by atoms with E-state index in [0.717, 1.165) is 36.2 Å². The van der Waals surface area contributed by atoms with Crippen LogP contribution in [0.2, 0.25) is 5.02 Å². The molecule has 1 amide bonds. The van der Waals surface area contributed by atoms with Gasteiger partial charge in [0.2, 0.25) is 5.91 Å². The number of nitrogens with one attached hydrogen (secondary N) is 1. The highest BCUT2D eigenvalue weighted by atomic mass is 35.5. The first-order valence-corrected chi connectivity index (χ1v) is 10.1. The highest BCUT2D eigenvalue weighted by molar-refractivity contribution is 6.33. The first-order chi connectivity index (χ1) is 13.9. The van der Waals surface area contributed by atoms with Crippen LogP contribution in [0.25, 0.3) is 0 Å². The van der Waals surface area contributed by atoms with Crippen LogP contribution in [0, 0.1) is 5.41 Å². The number of amides is 1. The van der Waals surface area contributed by atoms with Gasteiger partial charge in [0.1, 0.15) is 6.29 Å². The number of benzene rings is 2. The Morgan fingerprint density at radius 1 is 1.31 bits per heavy atom. The molecule has 0 spiro atoms. The van der Waals surface area contributed by atoms with Crippen molar-refractivity contribution in [3.05, 3.63) is 58.1 Å². The van der Waals surface area contributed by atoms with Gasteiger partial charge in [0, 0.05) is 24.3 Å². The van der Waals surface area contributed by atoms with Crippen molar-refractivity contribution in [2.45, 2.75) is 19.4 Å². The van der Waals surface area contributed by atoms with Crippen LogP contribution in [-0.4, -0.2) is 38.5 Å². The van der Waals surface area contributed by atoms with Gasteiger partial charge in [-0.05, 0) is 48.7 Å². The average Bonchev–Trinajstić information content (AvgIpc) is 2.74. The van der Waals surface area contributed by atoms with E-state index in [4.69, 9.17) is 22.1 Å². The lowest BCUT2D eigenvalue weighted by atomic mass is 9.70. The number of carbonyl (C=O) groups excluding carboxylic acids is 2. The number of carbonyl (C=O) groups is 2. The van der Waals surface area contributed by atoms with E-state index in [2.05, 4.69) is 22.3 Å². The molecule has 2 atom stereocenters. The average molecular weight is 414 g/mol. The molecular weight excluding hydrogens is 390 g/mol. The van der Waals surface area contributed by atoms with Crippen LogP contribution in [0.4, 0.5) is 11.4 Å². The molecule has 2 aromatic carbocycles. The van der Waals surface area contributed by atoms with E-state index in [1.807, 2.05) is 19.1 Å². The van der Waals surface area contributed by atoms with Gasteiger partial charge in [0.05, 0.1) is 35.4 Å². The fourth-order valence-corrected chi connectivity index (χ4v) is 4.50. The van der Waals surface area contributed by atoms with Crippen LogP contribution in [0.5, 0.6) is 0 Å². The summed E-state index contributed by atoms with van der Waals surface area (Å²) in [6, 6.07) is 11.1. The molecule has 3 N–H and O–H groups in total. The maximum Gasteiger partial charge on any atom is 0.226 e. The summed E-state index contributed by atoms with van der Waals surface area (Å²) in [5.74, 6) is -0.422. The molecule has 1 saturated heterocycles. The predicted octanol–water partition coefficient (Wildman–Crippen LogP) is 3.19. The lowest BCUT2D eigenvalue weighted by Gasteiger charge is -2.42. The Balaban J connectivity index is 1.78. The number of fused-ring (bicyclic) bond motifs is 1. The fraction of sp³-hybridized carbons (Fsp3) is 0.364. The molecule has 2 unspecified atom stereocenters. The number of aldehydes is 1. The molecule has 152 valence electrons. The number of hydrogen-bond acceptors (Lipinski definition) is 5. The van der Waals surface area contributed by atoms with Crippen LogP contribution in [0.3, 0.4) is 0 Å². The van der Waals surface area contributed by atoms with Gasteiger partial charge in [-0.2, -0.15) is 0 Å². The molecule has 2 heterocycles. The molecule has 0 aromatic heterocycles. The van der Waals surface area contributed by atoms with Crippen LogP contribution in [0.15, 0.2) is 36.4 Å². The summed E-state index contributed by atoms with van der Waals surface area (Å²) < 4.78 is 5.45. The number of ether oxygens (including phenoxy) is 1. The molecule has 29 heavy (non-hydrogen) atoms. The molecule has 6 nitrogen and oxygen atoms in total. The number of morpholine rings is 1. The Bertz CT molecular complexity index is 958. The largest absolute Gasteiger partial charge is 0.378 e. The number of halogens is 1. The molecule has 0 bridgehead atoms. The van der Waals surface area contributed by atoms with Gasteiger partial charge >= 0.3 is 0 Å². The molecule has 2 aliphatic heterocycles. The first kappa shape index (κ1) is 19.7. The second-order valence-electron chi connectivity index (χ2n) is 7.84. The zero-order valence-electron chi connectivity index (χ0n) is 16.3. The minimum atomic E-state index is -0.918. The van der Waals surface area contributed by atoms with Crippen LogP contribution in [0.1, 0.15) is 34.5 Å². The summed E-state index contributed by atoms with van der Waals surface area (Å²) in [6.45, 7) is 4.88. The molecule has 2 aromatic rings. The molecule has 0 radical (unpaired) electrons. The number of nitrogens with zero attached hydrogens (tertiary/aromatic N) is 1. The van der Waals surface area contributed by atoms with Gasteiger partial charge in [-0.1, -0.05) is 23.7 Å². The first-order valence-electron chi connectivity index (χ1n) is 9.69. The highest BCUT2D eigenvalue weighted by Crippen LogP contribution is 2.48. The van der Waals surface area contributed by atoms with Crippen molar-refractivity contribution < 1.29 is 14.3 Å². The summed E-state index contributed by atoms with van der Waals surface area (Å²) in [5, 5.41) is 3.94. The van der Waals surface area contributed by atoms with E-state index in [0.29, 0.717) is 35.9 Å². The second kappa shape index (κ2) is 7.69. The van der Waals surface area contributed by atoms with E-state index in [1.165, 1.54) is 0 Å². The quantitative estimate of drug-likeness (QED) is 0.752. The van der Waals surface area contributed by atoms with Crippen molar-refractivity contribution in [3.8, 4) is 0 Å². The van der Waals surface area contributed by atoms with Crippen molar-refractivity contribution in [2.75, 3.05) is 36.5 Å². The molecule has 1 fully saturated rings. The summed E-state index contributed by atoms with van der Waals surface area (Å²) >= 11 is 6.43. The van der Waals surface area contributed by atoms with Crippen molar-refractivity contribution in [3.63, 3.8) is 0 Å². The van der Waals surface area contributed by atoms with E-state index in [-0.39, 0.29) is 6.04 Å². The Morgan fingerprint density at radius 2 is 2.07 bits per heavy atom. The summed E-state index contributed by atoms with van der Waals surface area (Å²) in [4.78, 5) is 26.4. The van der Waals surface area contributed by atoms with E-state index in [9.17, 15) is 9.59 Å². The van der Waals surface area contributed by atoms with E-state index >= 15 is 0 Å². The normalized spacial score (nSPS) is 23.8. The zero-order chi connectivity index (χ0) is 20.6. The van der Waals surface area contributed by atoms with Crippen molar-refractivity contribution >= 4 is 35.2 Å². The SMILES string of the molecule is CC1(C(N)=O)Cc2c(C=O)ccc(Cl)c2NC1c1cccc(N2CCOCC2)c1. The van der Waals surface area contributed by atoms with E-state index in [1.54, 1.807) is 12.1 Å². The van der Waals surface area contributed by atoms with Gasteiger partial charge in [0.25, 0.3) is 0 Å². The molecule has 4 rings (SSSR count). The predicted molar refractivity (Wildman–Crippen MR) is 114 cm³/mol. The van der Waals surface area contributed by atoms with Crippen LogP contribution >= 0.6 is 11.6 Å². The standard InChI is InChI=1S/C22H24ClN3O3/c1-22(21(24)28)12-17-15(13-27)5-6-18(23)19(17)25-20(22)14-3-2-4-16(11-14)26-7-9-29-10-8-26/h2-6,11,13,20,25H,7-10,12H2,1H3,(H2,24,28). The topological polar surface area (TPSA) is 84.7 Å². The van der Waals surface area contributed by atoms with Crippen LogP contribution < -0.4 is 16.0 Å². The molecule has 0 aliphatic carbocycles. The summed E-state index contributed by atoms with van der Waals surface area (Å²) in [6.07, 6.45) is 1.13. The smallest absolute Gasteiger partial charge is 0.226 e. The van der Waals surface area contributed by atoms with Crippen molar-refractivity contribution in [2.24, 2.45) is 11.1 Å². The minimum Gasteiger partial charge on any atom is -0.378 e. The summed E-state index contributed by atoms with van der Waals surface area (Å²) in [7, 11) is 0. The lowest BCUT2D eigenvalue weighted by molar-refractivity contribution is -0.127. The Morgan fingerprint density at radius 3 is 2.76 bits per heavy atom. The van der Waals surface area contributed by atoms with Crippen molar-refractivity contribution in [1.82, 2.24) is 0 Å². The number of nitrogens with two attached hydrogens (primary N) is 1. The minimum absolute atomic E-state index is 0.339. The van der Waals surface area contributed by atoms with Crippen LogP contribution in [-0.2, 0) is 16.0 Å². The number of anilines is 2. The maximum absolute atomic E-state index is 12.6. The van der Waals surface area contributed by atoms with Gasteiger partial charge in [-0.3, -0.25) is 9.59 Å². The van der Waals surface area contributed by atoms with E-state index < -0.39 is 11.3 Å². The van der Waals surface area contributed by atoms with Gasteiger partial charge in [-0.15, -0.1) is 0 Å². The summed E-state index contributed by atoms with van der Waals surface area (Å²) in [5.41, 5.74) is 8.93. The molecule has 2 aliphatic rings. The number of primary amides is 1. The second-order valence-corrected chi connectivity index (χ2v) is 8.25. The fourth-order valence-electron chi connectivity index (χ4n) is 4.27. The maximum atomic E-state index is 12.6. The Labute approximate surface area is 175 Å². The number of rotatable bonds is 4. The van der Waals surface area contributed by atoms with Gasteiger partial charge in [-0.25, -0.2) is 0 Å². The zero-order valence-corrected chi connectivity index (χ0v) is 17.0. The third kappa shape index (κ3) is 3.47. The molecule has 0 saturated carbocycles. The Hall–Kier alpha value is -2.57. The third-order valence-corrected chi connectivity index (χ3v) is 6.35. The monoisotopic (exact) mass is 413 g/mol. The van der Waals surface area contributed by atoms with Gasteiger partial charge < -0.3 is 20.7 Å². The molecule has 7 heteroatoms. The highest BCUT2D eigenvalue weighted by Gasteiger charge is 2.45. The van der Waals surface area contributed by atoms with Gasteiger partial charge in [0.15, 0.2) is 0 Å². The lowest BCUT2D eigenvalue weighted by Crippen LogP contribution is -2.47.